The summed E-state index contributed by atoms with van der Waals surface area (Å²) in [6, 6.07) is 11.3. The quantitative estimate of drug-likeness (QED) is 0.374. The van der Waals surface area contributed by atoms with Gasteiger partial charge in [-0.25, -0.2) is 4.85 Å². The van der Waals surface area contributed by atoms with E-state index >= 15 is 0 Å². The second-order valence-electron chi connectivity index (χ2n) is 7.91. The Morgan fingerprint density at radius 3 is 2.61 bits per heavy atom. The van der Waals surface area contributed by atoms with Crippen LogP contribution in [0.25, 0.3) is 27.7 Å². The summed E-state index contributed by atoms with van der Waals surface area (Å²) in [4.78, 5) is 13.6. The molecular weight excluding hydrogens is 392 g/mol. The van der Waals surface area contributed by atoms with E-state index in [1.54, 1.807) is 12.1 Å². The van der Waals surface area contributed by atoms with Crippen LogP contribution >= 0.6 is 0 Å². The van der Waals surface area contributed by atoms with Crippen molar-refractivity contribution in [2.45, 2.75) is 52.7 Å². The van der Waals surface area contributed by atoms with Crippen molar-refractivity contribution in [3.63, 3.8) is 0 Å². The van der Waals surface area contributed by atoms with E-state index in [9.17, 15) is 0 Å². The molecule has 3 aromatic rings. The molecule has 0 N–H and O–H groups in total. The molecule has 158 valence electrons. The highest BCUT2D eigenvalue weighted by Crippen LogP contribution is 2.35. The molecule has 1 aromatic heterocycles. The molecule has 4 rings (SSSR count). The van der Waals surface area contributed by atoms with Gasteiger partial charge in [0.2, 0.25) is 11.5 Å². The minimum atomic E-state index is -0.0131. The summed E-state index contributed by atoms with van der Waals surface area (Å²) >= 11 is 0. The molecule has 7 heteroatoms. The third kappa shape index (κ3) is 4.29. The first-order valence-corrected chi connectivity index (χ1v) is 10.3. The fourth-order valence-electron chi connectivity index (χ4n) is 3.52. The van der Waals surface area contributed by atoms with Gasteiger partial charge < -0.3 is 14.1 Å². The molecule has 0 aliphatic heterocycles. The van der Waals surface area contributed by atoms with E-state index in [0.29, 0.717) is 28.7 Å². The molecule has 0 saturated heterocycles. The van der Waals surface area contributed by atoms with Crippen LogP contribution in [0, 0.1) is 6.57 Å². The first-order valence-electron chi connectivity index (χ1n) is 10.3. The van der Waals surface area contributed by atoms with Gasteiger partial charge in [-0.3, -0.25) is 0 Å². The van der Waals surface area contributed by atoms with E-state index in [1.807, 2.05) is 52.0 Å². The Balaban J connectivity index is 1.65. The lowest BCUT2D eigenvalue weighted by atomic mass is 10.0. The van der Waals surface area contributed by atoms with Crippen molar-refractivity contribution in [1.82, 2.24) is 10.1 Å². The van der Waals surface area contributed by atoms with E-state index < -0.39 is 0 Å². The number of ether oxygens (including phenoxy) is 1. The number of nitrogens with zero attached hydrogens (tertiary/aromatic N) is 4. The maximum Gasteiger partial charge on any atom is 0.256 e. The lowest BCUT2D eigenvalue weighted by Gasteiger charge is -2.11. The molecular formula is C24H24N4O3. The number of benzene rings is 2. The van der Waals surface area contributed by atoms with E-state index in [4.69, 9.17) is 20.7 Å². The van der Waals surface area contributed by atoms with Gasteiger partial charge in [-0.15, -0.1) is 0 Å². The van der Waals surface area contributed by atoms with Crippen LogP contribution in [0.15, 0.2) is 46.1 Å². The lowest BCUT2D eigenvalue weighted by molar-refractivity contribution is 0.0858. The molecule has 0 unspecified atom stereocenters. The summed E-state index contributed by atoms with van der Waals surface area (Å²) in [6.45, 7) is 15.2. The molecule has 0 atom stereocenters. The van der Waals surface area contributed by atoms with E-state index in [-0.39, 0.29) is 12.2 Å². The third-order valence-corrected chi connectivity index (χ3v) is 4.83. The average molecular weight is 416 g/mol. The number of fused-ring (bicyclic) bond motifs is 1. The topological polar surface area (TPSA) is 74.1 Å². The summed E-state index contributed by atoms with van der Waals surface area (Å²) in [7, 11) is 0. The van der Waals surface area contributed by atoms with Crippen molar-refractivity contribution in [3.8, 4) is 28.6 Å². The summed E-state index contributed by atoms with van der Waals surface area (Å²) in [5.41, 5.74) is 5.17. The molecule has 1 aliphatic carbocycles. The molecule has 31 heavy (non-hydrogen) atoms. The molecule has 2 aromatic carbocycles. The number of rotatable bonds is 6. The summed E-state index contributed by atoms with van der Waals surface area (Å²) < 4.78 is 11.2. The summed E-state index contributed by atoms with van der Waals surface area (Å²) in [5.74, 6) is 1.43. The van der Waals surface area contributed by atoms with Gasteiger partial charge >= 0.3 is 0 Å². The highest BCUT2D eigenvalue weighted by molar-refractivity contribution is 6.05. The molecule has 1 aliphatic rings. The van der Waals surface area contributed by atoms with Crippen molar-refractivity contribution in [2.75, 3.05) is 0 Å². The molecule has 1 heterocycles. The van der Waals surface area contributed by atoms with E-state index in [2.05, 4.69) is 20.1 Å². The van der Waals surface area contributed by atoms with Crippen molar-refractivity contribution in [2.24, 2.45) is 5.16 Å². The Morgan fingerprint density at radius 2 is 1.87 bits per heavy atom. The van der Waals surface area contributed by atoms with Crippen LogP contribution in [0.1, 0.15) is 45.2 Å². The second-order valence-corrected chi connectivity index (χ2v) is 7.91. The first kappa shape index (κ1) is 20.6. The van der Waals surface area contributed by atoms with Crippen LogP contribution in [0.4, 0.5) is 5.69 Å². The number of hydrogen-bond acceptors (Lipinski definition) is 6. The minimum absolute atomic E-state index is 0.0131. The summed E-state index contributed by atoms with van der Waals surface area (Å²) in [6.07, 6.45) is 1.69. The average Bonchev–Trinajstić information content (AvgIpc) is 3.39. The van der Waals surface area contributed by atoms with Gasteiger partial charge in [0.05, 0.1) is 18.4 Å². The van der Waals surface area contributed by atoms with Gasteiger partial charge in [0, 0.05) is 16.7 Å². The minimum Gasteiger partial charge on any atom is -0.502 e. The monoisotopic (exact) mass is 416 g/mol. The van der Waals surface area contributed by atoms with Crippen LogP contribution in [0.3, 0.4) is 0 Å². The largest absolute Gasteiger partial charge is 0.502 e. The molecule has 7 nitrogen and oxygen atoms in total. The highest BCUT2D eigenvalue weighted by atomic mass is 16.6. The Hall–Kier alpha value is -3.66. The van der Waals surface area contributed by atoms with Crippen LogP contribution in [-0.2, 0) is 11.3 Å². The molecule has 0 radical (unpaired) electrons. The number of hydrogen-bond donors (Lipinski definition) is 0. The predicted molar refractivity (Wildman–Crippen MR) is 118 cm³/mol. The van der Waals surface area contributed by atoms with Gasteiger partial charge in [-0.2, -0.15) is 4.98 Å². The Bertz CT molecular complexity index is 1170. The lowest BCUT2D eigenvalue weighted by Crippen LogP contribution is -2.05. The number of oxime groups is 1. The standard InChI is InChI=1S/C24H24N4O3/c1-14(2)29-22-12-9-16(13-21(22)25-5)24-26-23(28-31-24)19-8-6-7-18-17(19)10-11-20(18)27-30-15(3)4/h6-9,12-15H,10-11H2,1-4H3/b27-20-. The van der Waals surface area contributed by atoms with Gasteiger partial charge in [0.25, 0.3) is 5.89 Å². The van der Waals surface area contributed by atoms with Gasteiger partial charge in [-0.1, -0.05) is 28.5 Å². The van der Waals surface area contributed by atoms with Crippen LogP contribution in [-0.4, -0.2) is 28.1 Å². The molecule has 0 amide bonds. The third-order valence-electron chi connectivity index (χ3n) is 4.83. The zero-order valence-corrected chi connectivity index (χ0v) is 18.0. The van der Waals surface area contributed by atoms with Crippen molar-refractivity contribution >= 4 is 11.4 Å². The van der Waals surface area contributed by atoms with Crippen molar-refractivity contribution in [3.05, 3.63) is 58.9 Å². The van der Waals surface area contributed by atoms with Gasteiger partial charge in [0.15, 0.2) is 0 Å². The highest BCUT2D eigenvalue weighted by Gasteiger charge is 2.24. The van der Waals surface area contributed by atoms with Gasteiger partial charge in [0.1, 0.15) is 11.9 Å². The molecule has 0 bridgehead atoms. The Kier molecular flexibility index (Phi) is 5.72. The Morgan fingerprint density at radius 1 is 1.06 bits per heavy atom. The van der Waals surface area contributed by atoms with E-state index in [1.165, 1.54) is 0 Å². The number of aromatic nitrogens is 2. The Labute approximate surface area is 181 Å². The smallest absolute Gasteiger partial charge is 0.256 e. The first-order chi connectivity index (χ1) is 15.0. The van der Waals surface area contributed by atoms with Crippen LogP contribution in [0.2, 0.25) is 0 Å². The zero-order valence-electron chi connectivity index (χ0n) is 18.0. The van der Waals surface area contributed by atoms with Crippen molar-refractivity contribution in [1.29, 1.82) is 0 Å². The normalized spacial score (nSPS) is 14.2. The van der Waals surface area contributed by atoms with Crippen LogP contribution in [0.5, 0.6) is 5.75 Å². The predicted octanol–water partition coefficient (Wildman–Crippen LogP) is 5.82. The maximum absolute atomic E-state index is 7.45. The zero-order chi connectivity index (χ0) is 22.0. The maximum atomic E-state index is 7.45. The summed E-state index contributed by atoms with van der Waals surface area (Å²) in [5, 5.41) is 8.51. The van der Waals surface area contributed by atoms with Crippen LogP contribution < -0.4 is 4.74 Å². The van der Waals surface area contributed by atoms with E-state index in [0.717, 1.165) is 35.2 Å². The molecule has 0 saturated carbocycles. The molecule has 0 spiro atoms. The fraction of sp³-hybridized carbons (Fsp3) is 0.333. The SMILES string of the molecule is [C-]#[N+]c1cc(-c2nc(-c3cccc4c3CC/C4=N/OC(C)C)no2)ccc1OC(C)C. The fourth-order valence-corrected chi connectivity index (χ4v) is 3.52. The second kappa shape index (κ2) is 8.60. The van der Waals surface area contributed by atoms with Crippen molar-refractivity contribution < 1.29 is 14.1 Å². The molecule has 0 fully saturated rings. The van der Waals surface area contributed by atoms with Gasteiger partial charge in [-0.05, 0) is 64.3 Å².